The number of ketones is 2. The third-order valence-electron chi connectivity index (χ3n) is 3.66. The summed E-state index contributed by atoms with van der Waals surface area (Å²) in [6.45, 7) is 0. The molecule has 0 spiro atoms. The Bertz CT molecular complexity index is 358. The average molecular weight is 284 g/mol. The van der Waals surface area contributed by atoms with Crippen LogP contribution in [0.15, 0.2) is 0 Å². The fourth-order valence-electron chi connectivity index (χ4n) is 2.47. The van der Waals surface area contributed by atoms with Gasteiger partial charge in [-0.05, 0) is 25.7 Å². The molecule has 0 saturated heterocycles. The lowest BCUT2D eigenvalue weighted by Gasteiger charge is -2.15. The lowest BCUT2D eigenvalue weighted by atomic mass is 9.89. The normalized spacial score (nSPS) is 26.4. The molecule has 2 fully saturated rings. The summed E-state index contributed by atoms with van der Waals surface area (Å²) in [5, 5.41) is 17.0. The number of rotatable bonds is 2. The topological polar surface area (TPSA) is 109 Å². The van der Waals surface area contributed by atoms with Gasteiger partial charge in [0.25, 0.3) is 0 Å². The van der Waals surface area contributed by atoms with Crippen molar-refractivity contribution in [3.05, 3.63) is 0 Å². The molecular formula is C14H20O6. The van der Waals surface area contributed by atoms with Gasteiger partial charge in [-0.15, -0.1) is 0 Å². The first-order valence-corrected chi connectivity index (χ1v) is 6.89. The van der Waals surface area contributed by atoms with Gasteiger partial charge >= 0.3 is 11.9 Å². The van der Waals surface area contributed by atoms with Crippen LogP contribution in [0.4, 0.5) is 0 Å². The highest BCUT2D eigenvalue weighted by Gasteiger charge is 2.25. The molecule has 0 aliphatic heterocycles. The van der Waals surface area contributed by atoms with Crippen molar-refractivity contribution in [2.45, 2.75) is 51.4 Å². The van der Waals surface area contributed by atoms with Crippen molar-refractivity contribution in [2.24, 2.45) is 11.8 Å². The van der Waals surface area contributed by atoms with Gasteiger partial charge in [-0.2, -0.15) is 0 Å². The maximum absolute atomic E-state index is 10.7. The summed E-state index contributed by atoms with van der Waals surface area (Å²) < 4.78 is 0. The monoisotopic (exact) mass is 284 g/mol. The second-order valence-electron chi connectivity index (χ2n) is 5.34. The number of carboxylic acid groups (broad SMARTS) is 2. The van der Waals surface area contributed by atoms with E-state index in [4.69, 9.17) is 10.2 Å². The number of aliphatic carboxylic acids is 2. The van der Waals surface area contributed by atoms with Crippen molar-refractivity contribution in [3.63, 3.8) is 0 Å². The summed E-state index contributed by atoms with van der Waals surface area (Å²) in [5.74, 6) is -2.26. The van der Waals surface area contributed by atoms with E-state index in [1.54, 1.807) is 0 Å². The Morgan fingerprint density at radius 1 is 0.800 bits per heavy atom. The Labute approximate surface area is 117 Å². The highest BCUT2D eigenvalue weighted by atomic mass is 16.4. The molecule has 20 heavy (non-hydrogen) atoms. The lowest BCUT2D eigenvalue weighted by molar-refractivity contribution is -0.145. The van der Waals surface area contributed by atoms with Crippen molar-refractivity contribution in [1.82, 2.24) is 0 Å². The minimum Gasteiger partial charge on any atom is -0.481 e. The van der Waals surface area contributed by atoms with E-state index < -0.39 is 23.8 Å². The van der Waals surface area contributed by atoms with Crippen LogP contribution in [-0.2, 0) is 19.2 Å². The Morgan fingerprint density at radius 3 is 1.35 bits per heavy atom. The molecule has 6 nitrogen and oxygen atoms in total. The van der Waals surface area contributed by atoms with Crippen LogP contribution in [0.3, 0.4) is 0 Å². The second-order valence-corrected chi connectivity index (χ2v) is 5.34. The summed E-state index contributed by atoms with van der Waals surface area (Å²) in [6.07, 6.45) is 4.46. The van der Waals surface area contributed by atoms with Crippen LogP contribution in [0.1, 0.15) is 51.4 Å². The minimum atomic E-state index is -0.826. The van der Waals surface area contributed by atoms with Crippen LogP contribution >= 0.6 is 0 Å². The standard InChI is InChI=1S/2C7H10O3/c2*8-6-3-1-2-5(4-6)7(9)10/h2*5H,1-4H2,(H,9,10). The summed E-state index contributed by atoms with van der Waals surface area (Å²) in [7, 11) is 0. The van der Waals surface area contributed by atoms with Crippen molar-refractivity contribution in [1.29, 1.82) is 0 Å². The third-order valence-corrected chi connectivity index (χ3v) is 3.66. The Morgan fingerprint density at radius 2 is 1.15 bits per heavy atom. The fraction of sp³-hybridized carbons (Fsp3) is 0.714. The van der Waals surface area contributed by atoms with Gasteiger partial charge in [-0.1, -0.05) is 0 Å². The smallest absolute Gasteiger partial charge is 0.306 e. The van der Waals surface area contributed by atoms with Crippen molar-refractivity contribution >= 4 is 23.5 Å². The minimum absolute atomic E-state index is 0.0960. The molecule has 2 aliphatic carbocycles. The zero-order chi connectivity index (χ0) is 15.1. The molecule has 6 heteroatoms. The number of hydrogen-bond acceptors (Lipinski definition) is 4. The molecule has 2 rings (SSSR count). The van der Waals surface area contributed by atoms with Gasteiger partial charge in [0.05, 0.1) is 11.8 Å². The molecule has 0 aromatic carbocycles. The van der Waals surface area contributed by atoms with E-state index in [0.717, 1.165) is 12.8 Å². The van der Waals surface area contributed by atoms with Gasteiger partial charge in [0.2, 0.25) is 0 Å². The van der Waals surface area contributed by atoms with Gasteiger partial charge in [-0.25, -0.2) is 0 Å². The highest BCUT2D eigenvalue weighted by molar-refractivity contribution is 5.85. The summed E-state index contributed by atoms with van der Waals surface area (Å²) in [6, 6.07) is 0. The first-order chi connectivity index (χ1) is 9.40. The molecule has 0 aromatic heterocycles. The SMILES string of the molecule is O=C1CCCC(C(=O)O)C1.O=C1CCCC(C(=O)O)C1. The predicted molar refractivity (Wildman–Crippen MR) is 69.2 cm³/mol. The Hall–Kier alpha value is -1.72. The van der Waals surface area contributed by atoms with Gasteiger partial charge in [0, 0.05) is 25.7 Å². The fourth-order valence-corrected chi connectivity index (χ4v) is 2.47. The van der Waals surface area contributed by atoms with Crippen molar-refractivity contribution < 1.29 is 29.4 Å². The lowest BCUT2D eigenvalue weighted by Crippen LogP contribution is -2.22. The predicted octanol–water partition coefficient (Wildman–Crippen LogP) is 1.66. The van der Waals surface area contributed by atoms with Crippen LogP contribution in [0, 0.1) is 11.8 Å². The van der Waals surface area contributed by atoms with Crippen molar-refractivity contribution in [3.8, 4) is 0 Å². The first kappa shape index (κ1) is 16.3. The molecule has 2 unspecified atom stereocenters. The van der Waals surface area contributed by atoms with Crippen LogP contribution in [-0.4, -0.2) is 33.7 Å². The zero-order valence-electron chi connectivity index (χ0n) is 11.3. The molecule has 0 aromatic rings. The van der Waals surface area contributed by atoms with E-state index in [2.05, 4.69) is 0 Å². The molecule has 0 amide bonds. The number of Topliss-reactive ketones (excluding diaryl/α,β-unsaturated/α-hetero) is 2. The number of carboxylic acids is 2. The van der Waals surface area contributed by atoms with Gasteiger partial charge < -0.3 is 10.2 Å². The van der Waals surface area contributed by atoms with Gasteiger partial charge in [-0.3, -0.25) is 19.2 Å². The first-order valence-electron chi connectivity index (χ1n) is 6.89. The average Bonchev–Trinajstić information content (AvgIpc) is 2.39. The van der Waals surface area contributed by atoms with Crippen LogP contribution in [0.5, 0.6) is 0 Å². The third kappa shape index (κ3) is 5.50. The number of hydrogen-bond donors (Lipinski definition) is 2. The number of carbonyl (C=O) groups is 4. The summed E-state index contributed by atoms with van der Waals surface area (Å²) in [4.78, 5) is 42.1. The van der Waals surface area contributed by atoms with E-state index in [-0.39, 0.29) is 24.4 Å². The largest absolute Gasteiger partial charge is 0.481 e. The maximum Gasteiger partial charge on any atom is 0.306 e. The highest BCUT2D eigenvalue weighted by Crippen LogP contribution is 2.21. The van der Waals surface area contributed by atoms with E-state index in [9.17, 15) is 19.2 Å². The Balaban J connectivity index is 0.000000200. The Kier molecular flexibility index (Phi) is 6.35. The molecule has 2 atom stereocenters. The molecular weight excluding hydrogens is 264 g/mol. The summed E-state index contributed by atoms with van der Waals surface area (Å²) in [5.41, 5.74) is 0. The van der Waals surface area contributed by atoms with E-state index in [1.807, 2.05) is 0 Å². The van der Waals surface area contributed by atoms with Gasteiger partial charge in [0.15, 0.2) is 0 Å². The van der Waals surface area contributed by atoms with Crippen LogP contribution < -0.4 is 0 Å². The maximum atomic E-state index is 10.7. The quantitative estimate of drug-likeness (QED) is 0.798. The molecule has 2 N–H and O–H groups in total. The van der Waals surface area contributed by atoms with E-state index in [1.165, 1.54) is 0 Å². The zero-order valence-corrected chi connectivity index (χ0v) is 11.3. The molecule has 0 bridgehead atoms. The molecule has 112 valence electrons. The molecule has 2 aliphatic rings. The second kappa shape index (κ2) is 7.77. The molecule has 0 heterocycles. The van der Waals surface area contributed by atoms with Crippen LogP contribution in [0.2, 0.25) is 0 Å². The van der Waals surface area contributed by atoms with Crippen molar-refractivity contribution in [2.75, 3.05) is 0 Å². The van der Waals surface area contributed by atoms with Crippen LogP contribution in [0.25, 0.3) is 0 Å². The number of carbonyl (C=O) groups excluding carboxylic acids is 2. The summed E-state index contributed by atoms with van der Waals surface area (Å²) >= 11 is 0. The molecule has 2 saturated carbocycles. The van der Waals surface area contributed by atoms with E-state index in [0.29, 0.717) is 25.7 Å². The van der Waals surface area contributed by atoms with Gasteiger partial charge in [0.1, 0.15) is 11.6 Å². The molecule has 0 radical (unpaired) electrons. The van der Waals surface area contributed by atoms with E-state index >= 15 is 0 Å².